The first-order valence-corrected chi connectivity index (χ1v) is 8.46. The van der Waals surface area contributed by atoms with Crippen LogP contribution < -0.4 is 5.32 Å². The average Bonchev–Trinajstić information content (AvgIpc) is 2.55. The van der Waals surface area contributed by atoms with Gasteiger partial charge >= 0.3 is 0 Å². The second kappa shape index (κ2) is 4.92. The molecule has 1 amide bonds. The molecule has 0 unspecified atom stereocenters. The van der Waals surface area contributed by atoms with Crippen molar-refractivity contribution >= 4 is 68.9 Å². The topological polar surface area (TPSA) is 46.9 Å². The van der Waals surface area contributed by atoms with E-state index in [4.69, 9.17) is 0 Å². The summed E-state index contributed by atoms with van der Waals surface area (Å²) >= 11 is 5.69. The highest BCUT2D eigenvalue weighted by Crippen LogP contribution is 2.32. The van der Waals surface area contributed by atoms with Crippen LogP contribution in [-0.4, -0.2) is 14.9 Å². The van der Waals surface area contributed by atoms with E-state index in [0.717, 1.165) is 15.4 Å². The zero-order valence-electron chi connectivity index (χ0n) is 8.20. The fourth-order valence-corrected chi connectivity index (χ4v) is 3.36. The van der Waals surface area contributed by atoms with Gasteiger partial charge in [-0.3, -0.25) is 8.77 Å². The highest BCUT2D eigenvalue weighted by Gasteiger charge is 2.08. The van der Waals surface area contributed by atoms with Gasteiger partial charge in [0, 0.05) is 53.3 Å². The number of hydrogen-bond acceptors (Lipinski definition) is 3. The summed E-state index contributed by atoms with van der Waals surface area (Å²) in [4.78, 5) is 15.1. The van der Waals surface area contributed by atoms with Gasteiger partial charge in [0.1, 0.15) is 5.82 Å². The van der Waals surface area contributed by atoms with Crippen molar-refractivity contribution in [2.24, 2.45) is 0 Å². The number of pyridine rings is 1. The Bertz CT molecular complexity index is 557. The smallest absolute Gasteiger partial charge is 0.222 e. The second-order valence-electron chi connectivity index (χ2n) is 3.14. The molecule has 0 aliphatic rings. The minimum atomic E-state index is -0.120. The number of anilines is 1. The molecule has 1 N–H and O–H groups in total. The van der Waals surface area contributed by atoms with Crippen molar-refractivity contribution in [3.63, 3.8) is 0 Å². The molecule has 16 heavy (non-hydrogen) atoms. The fraction of sp³-hybridized carbons (Fsp3) is 0.111. The highest BCUT2D eigenvalue weighted by atomic mass is 127. The van der Waals surface area contributed by atoms with Crippen LogP contribution in [0.15, 0.2) is 22.9 Å². The van der Waals surface area contributed by atoms with Crippen molar-refractivity contribution in [3.05, 3.63) is 22.9 Å². The normalized spacial score (nSPS) is 10.7. The first kappa shape index (κ1) is 12.2. The minimum Gasteiger partial charge on any atom is -0.311 e. The van der Waals surface area contributed by atoms with Gasteiger partial charge in [-0.15, -0.1) is 0 Å². The summed E-state index contributed by atoms with van der Waals surface area (Å²) in [5.41, 5.74) is 1.01. The SMILES string of the molecule is CC(=O)Nc1cc2c(Br)cn(SI)c2cn1. The van der Waals surface area contributed by atoms with E-state index in [9.17, 15) is 4.79 Å². The molecule has 0 saturated carbocycles. The summed E-state index contributed by atoms with van der Waals surface area (Å²) < 4.78 is 2.99. The molecule has 2 heterocycles. The predicted molar refractivity (Wildman–Crippen MR) is 78.7 cm³/mol. The van der Waals surface area contributed by atoms with Gasteiger partial charge in [-0.05, 0) is 22.0 Å². The number of carbonyl (C=O) groups excluding carboxylic acids is 1. The summed E-state index contributed by atoms with van der Waals surface area (Å²) in [5, 5.41) is 3.69. The minimum absolute atomic E-state index is 0.120. The average molecular weight is 412 g/mol. The molecule has 0 fully saturated rings. The molecule has 2 aromatic rings. The molecule has 0 spiro atoms. The van der Waals surface area contributed by atoms with Crippen LogP contribution in [0.3, 0.4) is 0 Å². The molecule has 0 atom stereocenters. The van der Waals surface area contributed by atoms with Gasteiger partial charge in [0.25, 0.3) is 0 Å². The number of carbonyl (C=O) groups is 1. The van der Waals surface area contributed by atoms with Crippen LogP contribution in [0.5, 0.6) is 0 Å². The van der Waals surface area contributed by atoms with Crippen LogP contribution >= 0.6 is 46.3 Å². The lowest BCUT2D eigenvalue weighted by Crippen LogP contribution is -2.06. The summed E-state index contributed by atoms with van der Waals surface area (Å²) in [6, 6.07) is 1.85. The maximum absolute atomic E-state index is 10.9. The van der Waals surface area contributed by atoms with Crippen LogP contribution in [0.4, 0.5) is 5.82 Å². The van der Waals surface area contributed by atoms with E-state index in [-0.39, 0.29) is 5.91 Å². The van der Waals surface area contributed by atoms with Gasteiger partial charge < -0.3 is 5.32 Å². The molecule has 2 aromatic heterocycles. The first-order chi connectivity index (χ1) is 7.61. The van der Waals surface area contributed by atoms with Gasteiger partial charge in [0.05, 0.1) is 11.7 Å². The van der Waals surface area contributed by atoms with Crippen molar-refractivity contribution in [3.8, 4) is 0 Å². The molecule has 0 aromatic carbocycles. The summed E-state index contributed by atoms with van der Waals surface area (Å²) in [7, 11) is 1.57. The third-order valence-corrected chi connectivity index (χ3v) is 4.34. The zero-order chi connectivity index (χ0) is 11.7. The number of rotatable bonds is 2. The van der Waals surface area contributed by atoms with Crippen molar-refractivity contribution in [2.75, 3.05) is 5.32 Å². The Labute approximate surface area is 117 Å². The maximum atomic E-state index is 10.9. The summed E-state index contributed by atoms with van der Waals surface area (Å²) in [5.74, 6) is 0.447. The molecule has 0 bridgehead atoms. The van der Waals surface area contributed by atoms with Crippen molar-refractivity contribution in [1.29, 1.82) is 0 Å². The van der Waals surface area contributed by atoms with E-state index < -0.39 is 0 Å². The van der Waals surface area contributed by atoms with Crippen molar-refractivity contribution in [1.82, 2.24) is 8.96 Å². The Hall–Kier alpha value is -0.280. The third-order valence-electron chi connectivity index (χ3n) is 1.99. The number of nitrogens with one attached hydrogen (secondary N) is 1. The largest absolute Gasteiger partial charge is 0.311 e. The molecule has 84 valence electrons. The van der Waals surface area contributed by atoms with Gasteiger partial charge in [0.15, 0.2) is 0 Å². The fourth-order valence-electron chi connectivity index (χ4n) is 1.36. The van der Waals surface area contributed by atoms with E-state index in [1.54, 1.807) is 15.3 Å². The Balaban J connectivity index is 2.53. The van der Waals surface area contributed by atoms with Crippen molar-refractivity contribution in [2.45, 2.75) is 6.92 Å². The third kappa shape index (κ3) is 2.35. The molecule has 0 aliphatic carbocycles. The first-order valence-electron chi connectivity index (χ1n) is 4.35. The van der Waals surface area contributed by atoms with Crippen LogP contribution in [0.25, 0.3) is 10.9 Å². The van der Waals surface area contributed by atoms with Gasteiger partial charge in [-0.25, -0.2) is 4.98 Å². The van der Waals surface area contributed by atoms with Crippen LogP contribution in [0.1, 0.15) is 6.92 Å². The molecule has 0 aliphatic heterocycles. The Morgan fingerprint density at radius 2 is 2.44 bits per heavy atom. The standard InChI is InChI=1S/C9H7BrIN3OS/c1-5(15)13-9-2-6-7(10)4-14(16-11)8(6)3-12-9/h2-4H,1H3,(H,12,13,15). The van der Waals surface area contributed by atoms with Gasteiger partial charge in [0.2, 0.25) is 5.91 Å². The molecular weight excluding hydrogens is 405 g/mol. The quantitative estimate of drug-likeness (QED) is 0.768. The van der Waals surface area contributed by atoms with E-state index >= 15 is 0 Å². The second-order valence-corrected chi connectivity index (χ2v) is 5.71. The lowest BCUT2D eigenvalue weighted by molar-refractivity contribution is -0.114. The molecule has 0 saturated heterocycles. The van der Waals surface area contributed by atoms with Crippen molar-refractivity contribution < 1.29 is 4.79 Å². The Morgan fingerprint density at radius 3 is 3.06 bits per heavy atom. The number of amides is 1. The number of aromatic nitrogens is 2. The number of hydrogen-bond donors (Lipinski definition) is 1. The van der Waals surface area contributed by atoms with E-state index in [0.29, 0.717) is 5.82 Å². The van der Waals surface area contributed by atoms with Crippen LogP contribution in [0.2, 0.25) is 0 Å². The molecule has 7 heteroatoms. The van der Waals surface area contributed by atoms with E-state index in [1.807, 2.05) is 16.2 Å². The molecule has 4 nitrogen and oxygen atoms in total. The van der Waals surface area contributed by atoms with Crippen LogP contribution in [0, 0.1) is 0 Å². The highest BCUT2D eigenvalue weighted by molar-refractivity contribution is 14.2. The number of nitrogens with zero attached hydrogens (tertiary/aromatic N) is 2. The molecule has 2 rings (SSSR count). The monoisotopic (exact) mass is 411 g/mol. The Kier molecular flexibility index (Phi) is 3.75. The lowest BCUT2D eigenvalue weighted by Gasteiger charge is -2.01. The van der Waals surface area contributed by atoms with E-state index in [2.05, 4.69) is 47.4 Å². The molecular formula is C9H7BrIN3OS. The van der Waals surface area contributed by atoms with E-state index in [1.165, 1.54) is 6.92 Å². The Morgan fingerprint density at radius 1 is 1.69 bits per heavy atom. The number of fused-ring (bicyclic) bond motifs is 1. The maximum Gasteiger partial charge on any atom is 0.222 e. The summed E-state index contributed by atoms with van der Waals surface area (Å²) in [6.07, 6.45) is 3.72. The predicted octanol–water partition coefficient (Wildman–Crippen LogP) is 3.60. The number of halogens is 2. The summed E-state index contributed by atoms with van der Waals surface area (Å²) in [6.45, 7) is 1.47. The lowest BCUT2D eigenvalue weighted by atomic mass is 10.3. The van der Waals surface area contributed by atoms with Gasteiger partial charge in [-0.2, -0.15) is 0 Å². The zero-order valence-corrected chi connectivity index (χ0v) is 12.8. The van der Waals surface area contributed by atoms with Crippen LogP contribution in [-0.2, 0) is 4.79 Å². The van der Waals surface area contributed by atoms with Gasteiger partial charge in [-0.1, -0.05) is 0 Å². The molecule has 0 radical (unpaired) electrons.